The van der Waals surface area contributed by atoms with Gasteiger partial charge < -0.3 is 10.1 Å². The molecule has 0 aliphatic rings. The first kappa shape index (κ1) is 15.0. The number of aryl methyl sites for hydroxylation is 1. The van der Waals surface area contributed by atoms with Crippen molar-refractivity contribution in [3.63, 3.8) is 0 Å². The Bertz CT molecular complexity index is 659. The van der Waals surface area contributed by atoms with Gasteiger partial charge in [-0.3, -0.25) is 14.5 Å². The monoisotopic (exact) mass is 286 g/mol. The van der Waals surface area contributed by atoms with Gasteiger partial charge in [-0.2, -0.15) is 0 Å². The molecule has 1 aromatic heterocycles. The quantitative estimate of drug-likeness (QED) is 0.849. The number of nitrogens with one attached hydrogen (secondary N) is 1. The highest BCUT2D eigenvalue weighted by molar-refractivity contribution is 5.69. The fourth-order valence-corrected chi connectivity index (χ4v) is 2.23. The maximum atomic E-state index is 11.1. The Kier molecular flexibility index (Phi) is 4.90. The van der Waals surface area contributed by atoms with Crippen molar-refractivity contribution >= 4 is 5.97 Å². The van der Waals surface area contributed by atoms with Crippen LogP contribution < -0.4 is 5.56 Å². The molecule has 0 bridgehead atoms. The highest BCUT2D eigenvalue weighted by atomic mass is 16.4. The molecule has 0 saturated heterocycles. The summed E-state index contributed by atoms with van der Waals surface area (Å²) in [6.07, 6.45) is 1.62. The maximum absolute atomic E-state index is 11.1. The van der Waals surface area contributed by atoms with Crippen molar-refractivity contribution in [3.05, 3.63) is 69.6 Å². The van der Waals surface area contributed by atoms with Gasteiger partial charge in [0, 0.05) is 25.4 Å². The summed E-state index contributed by atoms with van der Waals surface area (Å²) in [6.45, 7) is 2.98. The van der Waals surface area contributed by atoms with Crippen molar-refractivity contribution < 1.29 is 9.90 Å². The molecule has 2 N–H and O–H groups in total. The number of nitrogens with zero attached hydrogens (tertiary/aromatic N) is 1. The summed E-state index contributed by atoms with van der Waals surface area (Å²) in [7, 11) is 0. The Morgan fingerprint density at radius 2 is 1.95 bits per heavy atom. The standard InChI is InChI=1S/C16H18N2O3/c1-12-3-2-4-13(7-12)9-18(11-16(20)21)10-14-5-6-15(19)17-8-14/h2-8H,9-11H2,1H3,(H,17,19)(H,20,21). The van der Waals surface area contributed by atoms with E-state index in [0.717, 1.165) is 16.7 Å². The lowest BCUT2D eigenvalue weighted by Crippen LogP contribution is -2.29. The van der Waals surface area contributed by atoms with Crippen LogP contribution in [0.15, 0.2) is 47.4 Å². The normalized spacial score (nSPS) is 10.8. The van der Waals surface area contributed by atoms with E-state index in [-0.39, 0.29) is 12.1 Å². The number of carbonyl (C=O) groups is 1. The Morgan fingerprint density at radius 3 is 2.57 bits per heavy atom. The molecule has 0 aliphatic heterocycles. The van der Waals surface area contributed by atoms with Crippen LogP contribution in [0.4, 0.5) is 0 Å². The van der Waals surface area contributed by atoms with E-state index in [0.29, 0.717) is 13.1 Å². The number of hydrogen-bond donors (Lipinski definition) is 2. The third-order valence-electron chi connectivity index (χ3n) is 3.10. The van der Waals surface area contributed by atoms with E-state index >= 15 is 0 Å². The zero-order valence-corrected chi connectivity index (χ0v) is 11.9. The van der Waals surface area contributed by atoms with Crippen LogP contribution in [0.25, 0.3) is 0 Å². The number of carboxylic acids is 1. The van der Waals surface area contributed by atoms with E-state index < -0.39 is 5.97 Å². The van der Waals surface area contributed by atoms with Gasteiger partial charge in [0.15, 0.2) is 0 Å². The predicted molar refractivity (Wildman–Crippen MR) is 80.0 cm³/mol. The van der Waals surface area contributed by atoms with Gasteiger partial charge in [0.25, 0.3) is 0 Å². The number of carboxylic acid groups (broad SMARTS) is 1. The van der Waals surface area contributed by atoms with Crippen LogP contribution in [0.1, 0.15) is 16.7 Å². The van der Waals surface area contributed by atoms with Crippen LogP contribution in [-0.4, -0.2) is 27.5 Å². The lowest BCUT2D eigenvalue weighted by atomic mass is 10.1. The molecule has 0 radical (unpaired) electrons. The van der Waals surface area contributed by atoms with Crippen molar-refractivity contribution in [1.82, 2.24) is 9.88 Å². The van der Waals surface area contributed by atoms with Gasteiger partial charge in [-0.25, -0.2) is 0 Å². The van der Waals surface area contributed by atoms with Crippen molar-refractivity contribution in [3.8, 4) is 0 Å². The second kappa shape index (κ2) is 6.85. The minimum Gasteiger partial charge on any atom is -0.480 e. The first-order valence-corrected chi connectivity index (χ1v) is 6.70. The smallest absolute Gasteiger partial charge is 0.317 e. The molecule has 5 heteroatoms. The van der Waals surface area contributed by atoms with Crippen LogP contribution in [0.2, 0.25) is 0 Å². The van der Waals surface area contributed by atoms with Gasteiger partial charge in [0.2, 0.25) is 5.56 Å². The minimum absolute atomic E-state index is 0.0485. The van der Waals surface area contributed by atoms with Crippen LogP contribution in [0.3, 0.4) is 0 Å². The van der Waals surface area contributed by atoms with E-state index in [9.17, 15) is 9.59 Å². The van der Waals surface area contributed by atoms with Gasteiger partial charge in [0.1, 0.15) is 0 Å². The summed E-state index contributed by atoms with van der Waals surface area (Å²) in [5.41, 5.74) is 2.93. The van der Waals surface area contributed by atoms with Gasteiger partial charge in [-0.05, 0) is 18.1 Å². The zero-order valence-electron chi connectivity index (χ0n) is 11.9. The van der Waals surface area contributed by atoms with Gasteiger partial charge in [-0.15, -0.1) is 0 Å². The number of aliphatic carboxylic acids is 1. The van der Waals surface area contributed by atoms with Crippen molar-refractivity contribution in [2.45, 2.75) is 20.0 Å². The van der Waals surface area contributed by atoms with Crippen LogP contribution >= 0.6 is 0 Å². The van der Waals surface area contributed by atoms with Crippen molar-refractivity contribution in [2.75, 3.05) is 6.54 Å². The Hall–Kier alpha value is -2.40. The van der Waals surface area contributed by atoms with Crippen LogP contribution in [0, 0.1) is 6.92 Å². The molecule has 110 valence electrons. The molecule has 0 fully saturated rings. The molecule has 0 atom stereocenters. The molecule has 21 heavy (non-hydrogen) atoms. The first-order valence-electron chi connectivity index (χ1n) is 6.70. The summed E-state index contributed by atoms with van der Waals surface area (Å²) < 4.78 is 0. The van der Waals surface area contributed by atoms with Gasteiger partial charge >= 0.3 is 5.97 Å². The molecular formula is C16H18N2O3. The fraction of sp³-hybridized carbons (Fsp3) is 0.250. The Balaban J connectivity index is 2.12. The minimum atomic E-state index is -0.868. The molecule has 2 rings (SSSR count). The average Bonchev–Trinajstić information content (AvgIpc) is 2.40. The number of aromatic amines is 1. The third kappa shape index (κ3) is 4.89. The molecule has 0 amide bonds. The maximum Gasteiger partial charge on any atom is 0.317 e. The van der Waals surface area contributed by atoms with E-state index in [1.807, 2.05) is 36.1 Å². The molecular weight excluding hydrogens is 268 g/mol. The number of aromatic nitrogens is 1. The lowest BCUT2D eigenvalue weighted by molar-refractivity contribution is -0.138. The van der Waals surface area contributed by atoms with Gasteiger partial charge in [0.05, 0.1) is 6.54 Å². The number of benzene rings is 1. The van der Waals surface area contributed by atoms with Crippen LogP contribution in [-0.2, 0) is 17.9 Å². The summed E-state index contributed by atoms with van der Waals surface area (Å²) in [5, 5.41) is 9.04. The number of H-pyrrole nitrogens is 1. The molecule has 0 saturated carbocycles. The first-order chi connectivity index (χ1) is 10.0. The summed E-state index contributed by atoms with van der Waals surface area (Å²) in [6, 6.07) is 11.2. The molecule has 5 nitrogen and oxygen atoms in total. The third-order valence-corrected chi connectivity index (χ3v) is 3.10. The van der Waals surface area contributed by atoms with Gasteiger partial charge in [-0.1, -0.05) is 35.9 Å². The summed E-state index contributed by atoms with van der Waals surface area (Å²) in [5.74, 6) is -0.868. The predicted octanol–water partition coefficient (Wildman–Crippen LogP) is 1.77. The van der Waals surface area contributed by atoms with E-state index in [1.165, 1.54) is 6.07 Å². The molecule has 1 heterocycles. The van der Waals surface area contributed by atoms with Crippen molar-refractivity contribution in [2.24, 2.45) is 0 Å². The Morgan fingerprint density at radius 1 is 1.19 bits per heavy atom. The SMILES string of the molecule is Cc1cccc(CN(CC(=O)O)Cc2ccc(=O)[nH]c2)c1. The number of rotatable bonds is 6. The highest BCUT2D eigenvalue weighted by Crippen LogP contribution is 2.10. The summed E-state index contributed by atoms with van der Waals surface area (Å²) >= 11 is 0. The lowest BCUT2D eigenvalue weighted by Gasteiger charge is -2.20. The van der Waals surface area contributed by atoms with Crippen LogP contribution in [0.5, 0.6) is 0 Å². The summed E-state index contributed by atoms with van der Waals surface area (Å²) in [4.78, 5) is 26.5. The molecule has 0 spiro atoms. The topological polar surface area (TPSA) is 73.4 Å². The molecule has 0 unspecified atom stereocenters. The largest absolute Gasteiger partial charge is 0.480 e. The van der Waals surface area contributed by atoms with E-state index in [2.05, 4.69) is 4.98 Å². The van der Waals surface area contributed by atoms with E-state index in [1.54, 1.807) is 12.3 Å². The number of pyridine rings is 1. The Labute approximate surface area is 122 Å². The molecule has 1 aromatic carbocycles. The molecule has 0 aliphatic carbocycles. The fourth-order valence-electron chi connectivity index (χ4n) is 2.23. The highest BCUT2D eigenvalue weighted by Gasteiger charge is 2.11. The van der Waals surface area contributed by atoms with E-state index in [4.69, 9.17) is 5.11 Å². The second-order valence-corrected chi connectivity index (χ2v) is 5.09. The molecule has 2 aromatic rings. The number of hydrogen-bond acceptors (Lipinski definition) is 3. The average molecular weight is 286 g/mol. The second-order valence-electron chi connectivity index (χ2n) is 5.09. The van der Waals surface area contributed by atoms with Crippen molar-refractivity contribution in [1.29, 1.82) is 0 Å². The zero-order chi connectivity index (χ0) is 15.2.